The maximum absolute atomic E-state index is 12.0. The van der Waals surface area contributed by atoms with Crippen molar-refractivity contribution in [3.8, 4) is 0 Å². The molecule has 2 rings (SSSR count). The van der Waals surface area contributed by atoms with Gasteiger partial charge in [-0.15, -0.1) is 24.0 Å². The molecule has 140 valence electrons. The second-order valence-electron chi connectivity index (χ2n) is 7.46. The van der Waals surface area contributed by atoms with E-state index < -0.39 is 0 Å². The van der Waals surface area contributed by atoms with Crippen LogP contribution < -0.4 is 5.32 Å². The van der Waals surface area contributed by atoms with Crippen molar-refractivity contribution in [2.24, 2.45) is 10.4 Å². The first kappa shape index (κ1) is 21.7. The summed E-state index contributed by atoms with van der Waals surface area (Å²) >= 11 is 0. The average Bonchev–Trinajstić information content (AvgIpc) is 2.91. The van der Waals surface area contributed by atoms with Gasteiger partial charge in [-0.1, -0.05) is 26.0 Å². The third-order valence-corrected chi connectivity index (χ3v) is 4.47. The predicted octanol–water partition coefficient (Wildman–Crippen LogP) is 2.86. The minimum absolute atomic E-state index is 0. The van der Waals surface area contributed by atoms with Crippen LogP contribution in [0.4, 0.5) is 0 Å². The Labute approximate surface area is 168 Å². The zero-order chi connectivity index (χ0) is 17.7. The quantitative estimate of drug-likeness (QED) is 0.429. The van der Waals surface area contributed by atoms with Gasteiger partial charge in [-0.05, 0) is 36.0 Å². The lowest BCUT2D eigenvalue weighted by Gasteiger charge is -2.23. The zero-order valence-corrected chi connectivity index (χ0v) is 18.3. The molecule has 6 heteroatoms. The van der Waals surface area contributed by atoms with Crippen molar-refractivity contribution in [2.45, 2.75) is 26.7 Å². The second kappa shape index (κ2) is 9.40. The summed E-state index contributed by atoms with van der Waals surface area (Å²) in [5.41, 5.74) is 2.26. The molecular weight excluding hydrogens is 427 g/mol. The van der Waals surface area contributed by atoms with E-state index in [0.29, 0.717) is 5.41 Å². The van der Waals surface area contributed by atoms with Gasteiger partial charge < -0.3 is 15.1 Å². The number of benzene rings is 1. The van der Waals surface area contributed by atoms with Gasteiger partial charge in [0, 0.05) is 46.3 Å². The van der Waals surface area contributed by atoms with Gasteiger partial charge in [-0.2, -0.15) is 0 Å². The largest absolute Gasteiger partial charge is 0.356 e. The van der Waals surface area contributed by atoms with Crippen LogP contribution in [-0.4, -0.2) is 62.4 Å². The highest BCUT2D eigenvalue weighted by molar-refractivity contribution is 14.0. The Morgan fingerprint density at radius 2 is 2.08 bits per heavy atom. The number of guanidine groups is 1. The monoisotopic (exact) mass is 458 g/mol. The molecule has 0 aromatic heterocycles. The molecule has 5 nitrogen and oxygen atoms in total. The van der Waals surface area contributed by atoms with Crippen LogP contribution in [0.25, 0.3) is 0 Å². The molecule has 0 saturated carbocycles. The van der Waals surface area contributed by atoms with Crippen molar-refractivity contribution in [3.05, 3.63) is 35.4 Å². The first-order valence-corrected chi connectivity index (χ1v) is 8.58. The van der Waals surface area contributed by atoms with Crippen LogP contribution in [0.15, 0.2) is 29.3 Å². The molecular formula is C19H31IN4O. The fourth-order valence-electron chi connectivity index (χ4n) is 3.06. The van der Waals surface area contributed by atoms with E-state index in [2.05, 4.69) is 35.1 Å². The van der Waals surface area contributed by atoms with Gasteiger partial charge in [0.15, 0.2) is 5.96 Å². The minimum atomic E-state index is 0. The van der Waals surface area contributed by atoms with E-state index in [0.717, 1.165) is 43.1 Å². The van der Waals surface area contributed by atoms with Gasteiger partial charge in [0.25, 0.3) is 5.91 Å². The van der Waals surface area contributed by atoms with Crippen LogP contribution in [0.1, 0.15) is 36.2 Å². The minimum Gasteiger partial charge on any atom is -0.356 e. The Hall–Kier alpha value is -1.31. The van der Waals surface area contributed by atoms with E-state index in [1.165, 1.54) is 6.42 Å². The summed E-state index contributed by atoms with van der Waals surface area (Å²) in [6, 6.07) is 7.86. The summed E-state index contributed by atoms with van der Waals surface area (Å²) < 4.78 is 0. The number of halogens is 1. The summed E-state index contributed by atoms with van der Waals surface area (Å²) in [4.78, 5) is 20.4. The highest BCUT2D eigenvalue weighted by Crippen LogP contribution is 2.28. The Bertz CT molecular complexity index is 613. The summed E-state index contributed by atoms with van der Waals surface area (Å²) in [6.45, 7) is 7.50. The standard InChI is InChI=1S/C19H30N4O.HI/c1-19(2)10-12-23(14-19)18(20-3)21-11-9-15-7-6-8-16(13-15)17(24)22(4)5;/h6-8,13H,9-12,14H2,1-5H3,(H,20,21);1H. The molecule has 0 atom stereocenters. The Balaban J connectivity index is 0.00000312. The lowest BCUT2D eigenvalue weighted by atomic mass is 9.93. The molecule has 25 heavy (non-hydrogen) atoms. The van der Waals surface area contributed by atoms with Crippen molar-refractivity contribution in [3.63, 3.8) is 0 Å². The van der Waals surface area contributed by atoms with Crippen molar-refractivity contribution in [1.82, 2.24) is 15.1 Å². The van der Waals surface area contributed by atoms with E-state index in [-0.39, 0.29) is 29.9 Å². The molecule has 1 amide bonds. The number of hydrogen-bond acceptors (Lipinski definition) is 2. The van der Waals surface area contributed by atoms with Gasteiger partial charge in [-0.25, -0.2) is 0 Å². The number of carbonyl (C=O) groups is 1. The van der Waals surface area contributed by atoms with Crippen LogP contribution in [0.3, 0.4) is 0 Å². The molecule has 0 unspecified atom stereocenters. The molecule has 0 bridgehead atoms. The van der Waals surface area contributed by atoms with Crippen molar-refractivity contribution in [2.75, 3.05) is 40.8 Å². The third-order valence-electron chi connectivity index (χ3n) is 4.47. The van der Waals surface area contributed by atoms with Gasteiger partial charge in [-0.3, -0.25) is 9.79 Å². The number of nitrogens with one attached hydrogen (secondary N) is 1. The number of likely N-dealkylation sites (tertiary alicyclic amines) is 1. The molecule has 1 aromatic carbocycles. The molecule has 1 aromatic rings. The fraction of sp³-hybridized carbons (Fsp3) is 0.579. The van der Waals surface area contributed by atoms with Gasteiger partial charge in [0.2, 0.25) is 0 Å². The molecule has 0 spiro atoms. The lowest BCUT2D eigenvalue weighted by molar-refractivity contribution is 0.0827. The predicted molar refractivity (Wildman–Crippen MR) is 115 cm³/mol. The number of hydrogen-bond donors (Lipinski definition) is 1. The molecule has 1 aliphatic rings. The summed E-state index contributed by atoms with van der Waals surface area (Å²) in [5.74, 6) is 1.01. The third kappa shape index (κ3) is 6.17. The average molecular weight is 458 g/mol. The Morgan fingerprint density at radius 3 is 2.64 bits per heavy atom. The topological polar surface area (TPSA) is 47.9 Å². The van der Waals surface area contributed by atoms with Crippen molar-refractivity contribution < 1.29 is 4.79 Å². The first-order valence-electron chi connectivity index (χ1n) is 8.58. The molecule has 0 radical (unpaired) electrons. The molecule has 1 saturated heterocycles. The van der Waals surface area contributed by atoms with Crippen LogP contribution in [-0.2, 0) is 6.42 Å². The first-order chi connectivity index (χ1) is 11.3. The molecule has 1 fully saturated rings. The maximum Gasteiger partial charge on any atom is 0.253 e. The summed E-state index contributed by atoms with van der Waals surface area (Å²) in [7, 11) is 5.39. The summed E-state index contributed by atoms with van der Waals surface area (Å²) in [5, 5.41) is 3.45. The number of rotatable bonds is 4. The van der Waals surface area contributed by atoms with E-state index in [4.69, 9.17) is 0 Å². The van der Waals surface area contributed by atoms with Gasteiger partial charge in [0.05, 0.1) is 0 Å². The van der Waals surface area contributed by atoms with Gasteiger partial charge in [0.1, 0.15) is 0 Å². The van der Waals surface area contributed by atoms with E-state index in [9.17, 15) is 4.79 Å². The Kier molecular flexibility index (Phi) is 8.18. The highest BCUT2D eigenvalue weighted by atomic mass is 127. The van der Waals surface area contributed by atoms with Crippen LogP contribution >= 0.6 is 24.0 Å². The highest BCUT2D eigenvalue weighted by Gasteiger charge is 2.30. The van der Waals surface area contributed by atoms with E-state index in [1.807, 2.05) is 25.2 Å². The van der Waals surface area contributed by atoms with Crippen molar-refractivity contribution in [1.29, 1.82) is 0 Å². The number of amides is 1. The zero-order valence-electron chi connectivity index (χ0n) is 16.0. The fourth-order valence-corrected chi connectivity index (χ4v) is 3.06. The molecule has 1 N–H and O–H groups in total. The van der Waals surface area contributed by atoms with Crippen LogP contribution in [0, 0.1) is 5.41 Å². The van der Waals surface area contributed by atoms with E-state index in [1.54, 1.807) is 19.0 Å². The smallest absolute Gasteiger partial charge is 0.253 e. The van der Waals surface area contributed by atoms with E-state index >= 15 is 0 Å². The van der Waals surface area contributed by atoms with Gasteiger partial charge >= 0.3 is 0 Å². The maximum atomic E-state index is 12.0. The Morgan fingerprint density at radius 1 is 1.36 bits per heavy atom. The number of nitrogens with zero attached hydrogens (tertiary/aromatic N) is 3. The molecule has 1 aliphatic heterocycles. The molecule has 0 aliphatic carbocycles. The SMILES string of the molecule is CN=C(NCCc1cccc(C(=O)N(C)C)c1)N1CCC(C)(C)C1.I. The van der Waals surface area contributed by atoms with Crippen molar-refractivity contribution >= 4 is 35.8 Å². The van der Waals surface area contributed by atoms with Crippen LogP contribution in [0.2, 0.25) is 0 Å². The second-order valence-corrected chi connectivity index (χ2v) is 7.46. The normalized spacial score (nSPS) is 16.4. The lowest BCUT2D eigenvalue weighted by Crippen LogP contribution is -2.41. The molecule has 1 heterocycles. The number of aliphatic imine (C=N–C) groups is 1. The summed E-state index contributed by atoms with van der Waals surface area (Å²) in [6.07, 6.45) is 2.06. The van der Waals surface area contributed by atoms with Crippen LogP contribution in [0.5, 0.6) is 0 Å². The number of carbonyl (C=O) groups excluding carboxylic acids is 1.